The Hall–Kier alpha value is -1.81. The summed E-state index contributed by atoms with van der Waals surface area (Å²) in [6.45, 7) is 8.29. The number of hydrogen-bond acceptors (Lipinski definition) is 7. The van der Waals surface area contributed by atoms with Gasteiger partial charge in [0.25, 0.3) is 0 Å². The van der Waals surface area contributed by atoms with Gasteiger partial charge in [-0.25, -0.2) is 8.42 Å². The highest BCUT2D eigenvalue weighted by atomic mass is 32.2. The summed E-state index contributed by atoms with van der Waals surface area (Å²) < 4.78 is 33.7. The van der Waals surface area contributed by atoms with E-state index in [1.54, 1.807) is 24.3 Å². The highest BCUT2D eigenvalue weighted by molar-refractivity contribution is 7.89. The van der Waals surface area contributed by atoms with Crippen LogP contribution in [-0.4, -0.2) is 50.1 Å². The van der Waals surface area contributed by atoms with Crippen molar-refractivity contribution in [3.63, 3.8) is 0 Å². The van der Waals surface area contributed by atoms with Crippen molar-refractivity contribution >= 4 is 10.0 Å². The Kier molecular flexibility index (Phi) is 5.95. The standard InChI is InChI=1S/C18H27N5O3S/c1-12(2)16(22-27(24,25)14-7-5-13(3)6-8-14)18-20-17(21-26-18)15-11-19-9-10-23(15)4/h5-8,12,15-16,19,22H,9-11H2,1-4H3. The lowest BCUT2D eigenvalue weighted by atomic mass is 10.1. The Balaban J connectivity index is 1.83. The van der Waals surface area contributed by atoms with E-state index < -0.39 is 16.1 Å². The SMILES string of the molecule is Cc1ccc(S(=O)(=O)NC(c2nc(C3CNCCN3C)no2)C(C)C)cc1. The lowest BCUT2D eigenvalue weighted by Crippen LogP contribution is -2.44. The van der Waals surface area contributed by atoms with Gasteiger partial charge in [0.05, 0.1) is 10.9 Å². The molecule has 1 saturated heterocycles. The molecule has 0 spiro atoms. The molecule has 1 aromatic heterocycles. The number of benzene rings is 1. The summed E-state index contributed by atoms with van der Waals surface area (Å²) in [5, 5.41) is 7.42. The van der Waals surface area contributed by atoms with Crippen LogP contribution in [0.15, 0.2) is 33.7 Å². The van der Waals surface area contributed by atoms with E-state index in [2.05, 4.69) is 25.1 Å². The second-order valence-electron chi connectivity index (χ2n) is 7.35. The molecule has 1 fully saturated rings. The van der Waals surface area contributed by atoms with Crippen molar-refractivity contribution in [2.75, 3.05) is 26.7 Å². The first-order valence-corrected chi connectivity index (χ1v) is 10.6. The summed E-state index contributed by atoms with van der Waals surface area (Å²) in [5.41, 5.74) is 1.00. The number of aromatic nitrogens is 2. The molecular formula is C18H27N5O3S. The number of sulfonamides is 1. The van der Waals surface area contributed by atoms with E-state index in [9.17, 15) is 8.42 Å². The van der Waals surface area contributed by atoms with Crippen LogP contribution in [0.2, 0.25) is 0 Å². The van der Waals surface area contributed by atoms with Gasteiger partial charge in [-0.2, -0.15) is 9.71 Å². The van der Waals surface area contributed by atoms with Gasteiger partial charge in [-0.1, -0.05) is 36.7 Å². The molecule has 2 N–H and O–H groups in total. The molecule has 148 valence electrons. The summed E-state index contributed by atoms with van der Waals surface area (Å²) in [5.74, 6) is 0.801. The second-order valence-corrected chi connectivity index (χ2v) is 9.06. The molecule has 2 heterocycles. The van der Waals surface area contributed by atoms with E-state index in [1.165, 1.54) is 0 Å². The Labute approximate surface area is 160 Å². The molecule has 3 rings (SSSR count). The molecule has 1 aromatic carbocycles. The number of likely N-dealkylation sites (N-methyl/N-ethyl adjacent to an activating group) is 1. The van der Waals surface area contributed by atoms with Crippen molar-refractivity contribution in [3.05, 3.63) is 41.5 Å². The van der Waals surface area contributed by atoms with E-state index in [4.69, 9.17) is 4.52 Å². The van der Waals surface area contributed by atoms with Crippen LogP contribution < -0.4 is 10.0 Å². The summed E-state index contributed by atoms with van der Waals surface area (Å²) in [6, 6.07) is 6.15. The van der Waals surface area contributed by atoms with E-state index in [0.29, 0.717) is 5.82 Å². The normalized spacial score (nSPS) is 20.1. The maximum Gasteiger partial charge on any atom is 0.245 e. The van der Waals surface area contributed by atoms with Gasteiger partial charge in [0.2, 0.25) is 15.9 Å². The zero-order valence-corrected chi connectivity index (χ0v) is 17.0. The van der Waals surface area contributed by atoms with Crippen molar-refractivity contribution in [2.24, 2.45) is 5.92 Å². The van der Waals surface area contributed by atoms with Gasteiger partial charge in [-0.15, -0.1) is 0 Å². The van der Waals surface area contributed by atoms with Crippen LogP contribution in [0.25, 0.3) is 0 Å². The van der Waals surface area contributed by atoms with E-state index >= 15 is 0 Å². The lowest BCUT2D eigenvalue weighted by Gasteiger charge is -2.30. The summed E-state index contributed by atoms with van der Waals surface area (Å²) in [6.07, 6.45) is 0. The first-order chi connectivity index (χ1) is 12.8. The summed E-state index contributed by atoms with van der Waals surface area (Å²) in [7, 11) is -1.68. The van der Waals surface area contributed by atoms with Gasteiger partial charge < -0.3 is 9.84 Å². The van der Waals surface area contributed by atoms with Crippen LogP contribution in [0, 0.1) is 12.8 Å². The predicted molar refractivity (Wildman–Crippen MR) is 102 cm³/mol. The minimum Gasteiger partial charge on any atom is -0.337 e. The molecule has 2 unspecified atom stereocenters. The first-order valence-electron chi connectivity index (χ1n) is 9.11. The van der Waals surface area contributed by atoms with E-state index in [-0.39, 0.29) is 22.7 Å². The third-order valence-corrected chi connectivity index (χ3v) is 6.27. The van der Waals surface area contributed by atoms with Gasteiger partial charge >= 0.3 is 0 Å². The van der Waals surface area contributed by atoms with Crippen molar-refractivity contribution in [2.45, 2.75) is 37.8 Å². The number of rotatable bonds is 6. The second kappa shape index (κ2) is 8.05. The Morgan fingerprint density at radius 1 is 1.30 bits per heavy atom. The fraction of sp³-hybridized carbons (Fsp3) is 0.556. The monoisotopic (exact) mass is 393 g/mol. The number of piperazine rings is 1. The van der Waals surface area contributed by atoms with Crippen LogP contribution >= 0.6 is 0 Å². The highest BCUT2D eigenvalue weighted by Gasteiger charge is 2.31. The zero-order valence-electron chi connectivity index (χ0n) is 16.1. The molecule has 1 aliphatic rings. The molecule has 1 aliphatic heterocycles. The van der Waals surface area contributed by atoms with Gasteiger partial charge in [0.15, 0.2) is 5.82 Å². The number of aryl methyl sites for hydroxylation is 1. The van der Waals surface area contributed by atoms with Crippen LogP contribution in [0.1, 0.15) is 43.2 Å². The third-order valence-electron chi connectivity index (χ3n) is 4.81. The predicted octanol–water partition coefficient (Wildman–Crippen LogP) is 1.63. The average molecular weight is 394 g/mol. The van der Waals surface area contributed by atoms with Crippen LogP contribution in [0.4, 0.5) is 0 Å². The fourth-order valence-corrected chi connectivity index (χ4v) is 4.37. The molecule has 0 saturated carbocycles. The molecular weight excluding hydrogens is 366 g/mol. The van der Waals surface area contributed by atoms with Crippen LogP contribution in [-0.2, 0) is 10.0 Å². The average Bonchev–Trinajstić information content (AvgIpc) is 3.10. The zero-order chi connectivity index (χ0) is 19.6. The van der Waals surface area contributed by atoms with E-state index in [1.807, 2.05) is 27.8 Å². The molecule has 0 aliphatic carbocycles. The topological polar surface area (TPSA) is 100 Å². The summed E-state index contributed by atoms with van der Waals surface area (Å²) >= 11 is 0. The van der Waals surface area contributed by atoms with Gasteiger partial charge in [-0.05, 0) is 32.0 Å². The lowest BCUT2D eigenvalue weighted by molar-refractivity contribution is 0.190. The molecule has 8 nitrogen and oxygen atoms in total. The molecule has 0 radical (unpaired) electrons. The number of nitrogens with one attached hydrogen (secondary N) is 2. The van der Waals surface area contributed by atoms with Crippen molar-refractivity contribution in [3.8, 4) is 0 Å². The van der Waals surface area contributed by atoms with Crippen molar-refractivity contribution < 1.29 is 12.9 Å². The molecule has 2 atom stereocenters. The Morgan fingerprint density at radius 3 is 2.63 bits per heavy atom. The molecule has 27 heavy (non-hydrogen) atoms. The largest absolute Gasteiger partial charge is 0.337 e. The molecule has 0 bridgehead atoms. The Morgan fingerprint density at radius 2 is 2.00 bits per heavy atom. The maximum atomic E-state index is 12.8. The fourth-order valence-electron chi connectivity index (χ4n) is 3.03. The summed E-state index contributed by atoms with van der Waals surface area (Å²) in [4.78, 5) is 6.89. The molecule has 0 amide bonds. The molecule has 9 heteroatoms. The smallest absolute Gasteiger partial charge is 0.245 e. The van der Waals surface area contributed by atoms with Crippen LogP contribution in [0.3, 0.4) is 0 Å². The Bertz CT molecular complexity index is 863. The minimum atomic E-state index is -3.70. The maximum absolute atomic E-state index is 12.8. The van der Waals surface area contributed by atoms with Gasteiger partial charge in [0, 0.05) is 19.6 Å². The third kappa shape index (κ3) is 4.55. The number of hydrogen-bond donors (Lipinski definition) is 2. The minimum absolute atomic E-state index is 0.0118. The van der Waals surface area contributed by atoms with E-state index in [0.717, 1.165) is 25.2 Å². The molecule has 2 aromatic rings. The number of nitrogens with zero attached hydrogens (tertiary/aromatic N) is 3. The van der Waals surface area contributed by atoms with Crippen molar-refractivity contribution in [1.82, 2.24) is 25.1 Å². The van der Waals surface area contributed by atoms with Gasteiger partial charge in [-0.3, -0.25) is 4.90 Å². The van der Waals surface area contributed by atoms with Crippen molar-refractivity contribution in [1.29, 1.82) is 0 Å². The van der Waals surface area contributed by atoms with Crippen LogP contribution in [0.5, 0.6) is 0 Å². The van der Waals surface area contributed by atoms with Gasteiger partial charge in [0.1, 0.15) is 6.04 Å². The first kappa shape index (κ1) is 19.9. The highest BCUT2D eigenvalue weighted by Crippen LogP contribution is 2.26. The quantitative estimate of drug-likeness (QED) is 0.769.